The third-order valence-electron chi connectivity index (χ3n) is 18.0. The average Bonchev–Trinajstić information content (AvgIpc) is 1.74. The second-order valence-corrected chi connectivity index (χ2v) is 26.8. The van der Waals surface area contributed by atoms with Crippen molar-refractivity contribution in [3.05, 3.63) is 48.6 Å². The highest BCUT2D eigenvalue weighted by Gasteiger charge is 2.37. The van der Waals surface area contributed by atoms with Crippen LogP contribution in [0.3, 0.4) is 0 Å². The zero-order chi connectivity index (χ0) is 71.1. The van der Waals surface area contributed by atoms with Crippen LogP contribution in [0.1, 0.15) is 336 Å². The van der Waals surface area contributed by atoms with Gasteiger partial charge in [-0.25, -0.2) is 0 Å². The van der Waals surface area contributed by atoms with Crippen molar-refractivity contribution >= 4 is 23.6 Å². The molecule has 18 heteroatoms. The number of unbranched alkanes of at least 4 members (excludes halogenated alkanes) is 28. The average molecular weight is 1380 g/mol. The van der Waals surface area contributed by atoms with Crippen LogP contribution in [0.5, 0.6) is 0 Å². The van der Waals surface area contributed by atoms with E-state index in [0.29, 0.717) is 89.1 Å². The second-order valence-electron chi connectivity index (χ2n) is 26.8. The number of nitrogens with one attached hydrogen (secondary N) is 4. The van der Waals surface area contributed by atoms with E-state index in [9.17, 15) is 29.4 Å². The van der Waals surface area contributed by atoms with Crippen molar-refractivity contribution in [3.8, 4) is 0 Å². The summed E-state index contributed by atoms with van der Waals surface area (Å²) in [5, 5.41) is 64.7. The highest BCUT2D eigenvalue weighted by Crippen LogP contribution is 2.31. The Kier molecular flexibility index (Phi) is 69.6. The maximum absolute atomic E-state index is 12.1. The van der Waals surface area contributed by atoms with Crippen molar-refractivity contribution in [1.82, 2.24) is 21.3 Å². The van der Waals surface area contributed by atoms with Gasteiger partial charge in [-0.3, -0.25) is 19.2 Å². The number of epoxide rings is 2. The molecule has 4 amide bonds. The minimum absolute atomic E-state index is 0.0345. The number of ether oxygens (including phenoxy) is 4. The predicted octanol–water partition coefficient (Wildman–Crippen LogP) is 15.3. The first-order valence-electron chi connectivity index (χ1n) is 39.4. The number of hydrogen-bond acceptors (Lipinski definition) is 14. The van der Waals surface area contributed by atoms with E-state index in [1.165, 1.54) is 89.9 Å². The van der Waals surface area contributed by atoms with E-state index in [-0.39, 0.29) is 49.4 Å². The van der Waals surface area contributed by atoms with E-state index in [1.54, 1.807) is 0 Å². The SMILES string of the molecule is CCCCCC(OCO)C(O)CC=CCCCCCCCC(=O)NCCNC(=O)CCCCCCCC=CCC(O)C(CCCCC)OCO.CCCCCC1OC1CC=CCCCCCCCC(=O)NCCNC(=O)CCCCCCCC=CCC1OC1CCCCC.OCO. The molecule has 0 aliphatic carbocycles. The third-order valence-corrected chi connectivity index (χ3v) is 18.0. The smallest absolute Gasteiger partial charge is 0.220 e. The Bertz CT molecular complexity index is 1760. The first-order chi connectivity index (χ1) is 47.4. The van der Waals surface area contributed by atoms with Gasteiger partial charge in [0.25, 0.3) is 0 Å². The molecule has 0 spiro atoms. The maximum atomic E-state index is 12.1. The highest BCUT2D eigenvalue weighted by molar-refractivity contribution is 5.77. The molecule has 0 saturated carbocycles. The molecular formula is C79H148N4O14. The standard InChI is InChI=1S/C40H76N2O8.C38H68N2O4.CH4O2/c1-3-5-19-27-37(49-33-43)35(45)25-21-15-11-7-9-13-17-23-29-39(47)41-31-32-42-40(48)30-24-18-14-10-8-12-16-22-26-36(46)38(50-34-44)28-20-6-4-2;1-3-5-19-25-33-35(43-33)27-21-15-11-7-9-13-17-23-29-37(41)39-31-32-40-38(42)30-24-18-14-10-8-12-16-22-28-36-34(44-36)26-20-6-4-2;2-1-3/h15-16,21-22,35-38,43-46H,3-14,17-20,23-34H2,1-2H3,(H,41,47)(H,42,48);15-16,21-22,33-36H,3-14,17-20,23-32H2,1-2H3,(H,39,41)(H,40,42);2-3H,1H2. The van der Waals surface area contributed by atoms with Gasteiger partial charge in [-0.05, 0) is 128 Å². The number of rotatable bonds is 68. The minimum Gasteiger partial charge on any atom is -0.390 e. The van der Waals surface area contributed by atoms with Gasteiger partial charge in [-0.1, -0.05) is 230 Å². The van der Waals surface area contributed by atoms with Crippen LogP contribution in [0.4, 0.5) is 0 Å². The number of carbonyl (C=O) groups excluding carboxylic acids is 4. The van der Waals surface area contributed by atoms with Crippen LogP contribution in [0.25, 0.3) is 0 Å². The molecular weight excluding hydrogens is 1230 g/mol. The molecule has 2 heterocycles. The molecule has 18 nitrogen and oxygen atoms in total. The number of aliphatic hydroxyl groups is 6. The van der Waals surface area contributed by atoms with E-state index in [4.69, 9.17) is 39.4 Å². The molecule has 568 valence electrons. The Balaban J connectivity index is 0.00000184. The van der Waals surface area contributed by atoms with E-state index in [2.05, 4.69) is 85.4 Å². The molecule has 0 aromatic heterocycles. The van der Waals surface area contributed by atoms with Crippen LogP contribution in [0.2, 0.25) is 0 Å². The molecule has 8 atom stereocenters. The van der Waals surface area contributed by atoms with Gasteiger partial charge >= 0.3 is 0 Å². The molecule has 0 radical (unpaired) electrons. The first kappa shape index (κ1) is 93.4. The number of carbonyl (C=O) groups is 4. The molecule has 97 heavy (non-hydrogen) atoms. The molecule has 8 unspecified atom stereocenters. The van der Waals surface area contributed by atoms with Gasteiger partial charge in [-0.2, -0.15) is 0 Å². The number of aliphatic hydroxyl groups excluding tert-OH is 5. The molecule has 0 bridgehead atoms. The van der Waals surface area contributed by atoms with Crippen LogP contribution in [-0.4, -0.2) is 150 Å². The normalized spacial score (nSPS) is 17.0. The molecule has 0 aromatic carbocycles. The Morgan fingerprint density at radius 3 is 0.907 bits per heavy atom. The van der Waals surface area contributed by atoms with Gasteiger partial charge in [0.2, 0.25) is 23.6 Å². The van der Waals surface area contributed by atoms with Crippen LogP contribution in [0.15, 0.2) is 48.6 Å². The quantitative estimate of drug-likeness (QED) is 0.0117. The van der Waals surface area contributed by atoms with Crippen LogP contribution >= 0.6 is 0 Å². The summed E-state index contributed by atoms with van der Waals surface area (Å²) in [5.74, 6) is 0.263. The molecule has 2 rings (SSSR count). The summed E-state index contributed by atoms with van der Waals surface area (Å²) in [6.45, 7) is 9.23. The number of hydrogen-bond donors (Lipinski definition) is 10. The van der Waals surface area contributed by atoms with Crippen molar-refractivity contribution in [3.63, 3.8) is 0 Å². The summed E-state index contributed by atoms with van der Waals surface area (Å²) < 4.78 is 22.1. The monoisotopic (exact) mass is 1380 g/mol. The Morgan fingerprint density at radius 1 is 0.351 bits per heavy atom. The lowest BCUT2D eigenvalue weighted by atomic mass is 10.0. The van der Waals surface area contributed by atoms with Gasteiger partial charge in [0.05, 0.1) is 48.8 Å². The minimum atomic E-state index is -0.750. The summed E-state index contributed by atoms with van der Waals surface area (Å²) in [5.41, 5.74) is 0. The van der Waals surface area contributed by atoms with Crippen LogP contribution < -0.4 is 21.3 Å². The van der Waals surface area contributed by atoms with E-state index in [1.807, 2.05) is 12.2 Å². The highest BCUT2D eigenvalue weighted by atomic mass is 16.6. The van der Waals surface area contributed by atoms with Gasteiger partial charge in [0, 0.05) is 51.9 Å². The zero-order valence-electron chi connectivity index (χ0n) is 62.1. The molecule has 2 aliphatic heterocycles. The molecule has 2 aliphatic rings. The summed E-state index contributed by atoms with van der Waals surface area (Å²) in [4.78, 5) is 48.3. The lowest BCUT2D eigenvalue weighted by Crippen LogP contribution is -2.34. The zero-order valence-corrected chi connectivity index (χ0v) is 62.1. The summed E-state index contributed by atoms with van der Waals surface area (Å²) >= 11 is 0. The fourth-order valence-electron chi connectivity index (χ4n) is 11.8. The lowest BCUT2D eigenvalue weighted by molar-refractivity contribution is -0.123. The predicted molar refractivity (Wildman–Crippen MR) is 395 cm³/mol. The lowest BCUT2D eigenvalue weighted by Gasteiger charge is -2.21. The van der Waals surface area contributed by atoms with Gasteiger partial charge < -0.3 is 70.9 Å². The Labute approximate surface area is 591 Å². The molecule has 10 N–H and O–H groups in total. The Hall–Kier alpha value is -3.56. The molecule has 0 aromatic rings. The van der Waals surface area contributed by atoms with E-state index in [0.717, 1.165) is 180 Å². The van der Waals surface area contributed by atoms with Crippen molar-refractivity contribution in [2.45, 2.75) is 385 Å². The largest absolute Gasteiger partial charge is 0.390 e. The number of allylic oxidation sites excluding steroid dienone is 4. The van der Waals surface area contributed by atoms with Crippen molar-refractivity contribution in [1.29, 1.82) is 0 Å². The van der Waals surface area contributed by atoms with Crippen molar-refractivity contribution in [2.24, 2.45) is 0 Å². The third kappa shape index (κ3) is 64.3. The van der Waals surface area contributed by atoms with E-state index >= 15 is 0 Å². The first-order valence-corrected chi connectivity index (χ1v) is 39.4. The Morgan fingerprint density at radius 2 is 0.619 bits per heavy atom. The van der Waals surface area contributed by atoms with Gasteiger partial charge in [0.1, 0.15) is 20.4 Å². The second kappa shape index (κ2) is 72.2. The maximum Gasteiger partial charge on any atom is 0.220 e. The summed E-state index contributed by atoms with van der Waals surface area (Å²) in [7, 11) is 0. The number of amides is 4. The summed E-state index contributed by atoms with van der Waals surface area (Å²) in [6.07, 6.45) is 67.2. The van der Waals surface area contributed by atoms with Gasteiger partial charge in [-0.15, -0.1) is 0 Å². The fraction of sp³-hybridized carbons (Fsp3) is 0.848. The molecule has 2 saturated heterocycles. The van der Waals surface area contributed by atoms with Crippen LogP contribution in [0, 0.1) is 0 Å². The van der Waals surface area contributed by atoms with Crippen molar-refractivity contribution in [2.75, 3.05) is 46.6 Å². The summed E-state index contributed by atoms with van der Waals surface area (Å²) in [6, 6.07) is 0. The fourth-order valence-corrected chi connectivity index (χ4v) is 11.8. The topological polar surface area (TPSA) is 281 Å². The van der Waals surface area contributed by atoms with Crippen LogP contribution in [-0.2, 0) is 38.1 Å². The molecule has 2 fully saturated rings. The van der Waals surface area contributed by atoms with Gasteiger partial charge in [0.15, 0.2) is 0 Å². The van der Waals surface area contributed by atoms with Crippen molar-refractivity contribution < 1.29 is 68.8 Å². The van der Waals surface area contributed by atoms with E-state index < -0.39 is 19.0 Å².